The lowest BCUT2D eigenvalue weighted by Gasteiger charge is -2.11. The molecule has 0 atom stereocenters. The molecule has 0 amide bonds. The monoisotopic (exact) mass is 373 g/mol. The van der Waals surface area contributed by atoms with Crippen LogP contribution in [0.3, 0.4) is 0 Å². The van der Waals surface area contributed by atoms with E-state index < -0.39 is 5.97 Å². The van der Waals surface area contributed by atoms with Crippen LogP contribution in [-0.2, 0) is 13.0 Å². The van der Waals surface area contributed by atoms with Crippen molar-refractivity contribution in [3.05, 3.63) is 82.9 Å². The number of aryl methyl sites for hydroxylation is 1. The quantitative estimate of drug-likeness (QED) is 0.649. The Morgan fingerprint density at radius 1 is 1.07 bits per heavy atom. The number of nitrogens with zero attached hydrogens (tertiary/aromatic N) is 1. The SMILES string of the molecule is CCc1ccc(OCc2cc(C(=O)O)cc(-c3cccc(C#N)c3)c2)cc1O. The number of phenolic OH excluding ortho intramolecular Hbond substituents is 1. The predicted octanol–water partition coefficient (Wildman–Crippen LogP) is 4.77. The van der Waals surface area contributed by atoms with Gasteiger partial charge >= 0.3 is 5.97 Å². The second-order valence-corrected chi connectivity index (χ2v) is 6.35. The third-order valence-corrected chi connectivity index (χ3v) is 4.41. The van der Waals surface area contributed by atoms with Gasteiger partial charge in [0.1, 0.15) is 18.1 Å². The summed E-state index contributed by atoms with van der Waals surface area (Å²) in [4.78, 5) is 11.5. The van der Waals surface area contributed by atoms with Crippen molar-refractivity contribution in [2.24, 2.45) is 0 Å². The minimum atomic E-state index is -1.04. The number of nitriles is 1. The molecule has 0 aliphatic rings. The first kappa shape index (κ1) is 19.0. The lowest BCUT2D eigenvalue weighted by molar-refractivity contribution is 0.0696. The number of hydrogen-bond acceptors (Lipinski definition) is 4. The van der Waals surface area contributed by atoms with Gasteiger partial charge in [-0.15, -0.1) is 0 Å². The Morgan fingerprint density at radius 3 is 2.57 bits per heavy atom. The number of carboxylic acid groups (broad SMARTS) is 1. The molecule has 0 aliphatic carbocycles. The summed E-state index contributed by atoms with van der Waals surface area (Å²) in [6.45, 7) is 2.10. The summed E-state index contributed by atoms with van der Waals surface area (Å²) >= 11 is 0. The number of carboxylic acids is 1. The lowest BCUT2D eigenvalue weighted by atomic mass is 9.98. The first-order valence-corrected chi connectivity index (χ1v) is 8.82. The van der Waals surface area contributed by atoms with Gasteiger partial charge in [0.15, 0.2) is 0 Å². The molecular formula is C23H19NO4. The van der Waals surface area contributed by atoms with Gasteiger partial charge in [-0.1, -0.05) is 25.1 Å². The van der Waals surface area contributed by atoms with Gasteiger partial charge in [-0.25, -0.2) is 4.79 Å². The maximum absolute atomic E-state index is 11.5. The number of rotatable bonds is 6. The first-order valence-electron chi connectivity index (χ1n) is 8.82. The van der Waals surface area contributed by atoms with Gasteiger partial charge in [0.05, 0.1) is 17.2 Å². The maximum Gasteiger partial charge on any atom is 0.335 e. The largest absolute Gasteiger partial charge is 0.508 e. The average Bonchev–Trinajstić information content (AvgIpc) is 2.72. The van der Waals surface area contributed by atoms with Crippen LogP contribution in [0.2, 0.25) is 0 Å². The molecular weight excluding hydrogens is 354 g/mol. The zero-order chi connectivity index (χ0) is 20.1. The third-order valence-electron chi connectivity index (χ3n) is 4.41. The second kappa shape index (κ2) is 8.28. The van der Waals surface area contributed by atoms with E-state index in [2.05, 4.69) is 6.07 Å². The molecule has 3 aromatic carbocycles. The van der Waals surface area contributed by atoms with Crippen molar-refractivity contribution in [2.75, 3.05) is 0 Å². The van der Waals surface area contributed by atoms with Crippen molar-refractivity contribution in [2.45, 2.75) is 20.0 Å². The molecule has 3 aromatic rings. The van der Waals surface area contributed by atoms with Gasteiger partial charge in [0.25, 0.3) is 0 Å². The van der Waals surface area contributed by atoms with Crippen LogP contribution in [0.5, 0.6) is 11.5 Å². The molecule has 0 saturated carbocycles. The standard InChI is InChI=1S/C23H19NO4/c1-2-17-6-7-21(12-22(17)25)28-14-16-9-19(11-20(10-16)23(26)27)18-5-3-4-15(8-18)13-24/h3-12,25H,2,14H2,1H3,(H,26,27). The Bertz CT molecular complexity index is 1070. The average molecular weight is 373 g/mol. The molecule has 0 bridgehead atoms. The summed E-state index contributed by atoms with van der Waals surface area (Å²) in [7, 11) is 0. The highest BCUT2D eigenvalue weighted by Crippen LogP contribution is 2.27. The molecule has 0 unspecified atom stereocenters. The van der Waals surface area contributed by atoms with Crippen LogP contribution in [-0.4, -0.2) is 16.2 Å². The molecule has 0 spiro atoms. The normalized spacial score (nSPS) is 10.3. The molecule has 140 valence electrons. The Kier molecular flexibility index (Phi) is 5.61. The van der Waals surface area contributed by atoms with Gasteiger partial charge in [-0.2, -0.15) is 5.26 Å². The number of carbonyl (C=O) groups is 1. The molecule has 0 heterocycles. The molecule has 28 heavy (non-hydrogen) atoms. The lowest BCUT2D eigenvalue weighted by Crippen LogP contribution is -2.02. The van der Waals surface area contributed by atoms with E-state index in [9.17, 15) is 15.0 Å². The zero-order valence-corrected chi connectivity index (χ0v) is 15.3. The molecule has 0 aromatic heterocycles. The van der Waals surface area contributed by atoms with Crippen molar-refractivity contribution >= 4 is 5.97 Å². The van der Waals surface area contributed by atoms with E-state index >= 15 is 0 Å². The summed E-state index contributed by atoms with van der Waals surface area (Å²) in [5, 5.41) is 28.5. The fourth-order valence-corrected chi connectivity index (χ4v) is 2.93. The van der Waals surface area contributed by atoms with Crippen LogP contribution in [0, 0.1) is 11.3 Å². The third kappa shape index (κ3) is 4.30. The molecule has 2 N–H and O–H groups in total. The minimum Gasteiger partial charge on any atom is -0.508 e. The topological polar surface area (TPSA) is 90.5 Å². The molecule has 3 rings (SSSR count). The van der Waals surface area contributed by atoms with E-state index in [1.54, 1.807) is 48.5 Å². The van der Waals surface area contributed by atoms with Gasteiger partial charge in [0.2, 0.25) is 0 Å². The van der Waals surface area contributed by atoms with Gasteiger partial charge in [0, 0.05) is 6.07 Å². The van der Waals surface area contributed by atoms with Crippen LogP contribution in [0.4, 0.5) is 0 Å². The summed E-state index contributed by atoms with van der Waals surface area (Å²) in [6, 6.07) is 19.2. The van der Waals surface area contributed by atoms with Crippen LogP contribution < -0.4 is 4.74 Å². The van der Waals surface area contributed by atoms with Crippen LogP contribution in [0.25, 0.3) is 11.1 Å². The summed E-state index contributed by atoms with van der Waals surface area (Å²) in [5.74, 6) is -0.360. The van der Waals surface area contributed by atoms with Crippen molar-refractivity contribution in [3.8, 4) is 28.7 Å². The van der Waals surface area contributed by atoms with Crippen molar-refractivity contribution < 1.29 is 19.7 Å². The Hall–Kier alpha value is -3.78. The number of hydrogen-bond donors (Lipinski definition) is 2. The highest BCUT2D eigenvalue weighted by Gasteiger charge is 2.10. The summed E-state index contributed by atoms with van der Waals surface area (Å²) in [5.41, 5.74) is 3.61. The number of aromatic hydroxyl groups is 1. The fourth-order valence-electron chi connectivity index (χ4n) is 2.93. The van der Waals surface area contributed by atoms with E-state index in [1.165, 1.54) is 0 Å². The number of benzene rings is 3. The van der Waals surface area contributed by atoms with Crippen LogP contribution >= 0.6 is 0 Å². The van der Waals surface area contributed by atoms with E-state index in [4.69, 9.17) is 10.00 Å². The van der Waals surface area contributed by atoms with Crippen LogP contribution in [0.1, 0.15) is 34.0 Å². The van der Waals surface area contributed by atoms with Crippen LogP contribution in [0.15, 0.2) is 60.7 Å². The second-order valence-electron chi connectivity index (χ2n) is 6.35. The highest BCUT2D eigenvalue weighted by molar-refractivity contribution is 5.90. The fraction of sp³-hybridized carbons (Fsp3) is 0.130. The molecule has 0 saturated heterocycles. The van der Waals surface area contributed by atoms with Crippen molar-refractivity contribution in [3.63, 3.8) is 0 Å². The van der Waals surface area contributed by atoms with E-state index in [1.807, 2.05) is 19.1 Å². The summed E-state index contributed by atoms with van der Waals surface area (Å²) in [6.07, 6.45) is 0.720. The van der Waals surface area contributed by atoms with Crippen molar-refractivity contribution in [1.82, 2.24) is 0 Å². The molecule has 0 fully saturated rings. The highest BCUT2D eigenvalue weighted by atomic mass is 16.5. The van der Waals surface area contributed by atoms with E-state index in [0.717, 1.165) is 17.5 Å². The Morgan fingerprint density at radius 2 is 1.89 bits per heavy atom. The zero-order valence-electron chi connectivity index (χ0n) is 15.3. The van der Waals surface area contributed by atoms with E-state index in [0.29, 0.717) is 22.4 Å². The predicted molar refractivity (Wildman–Crippen MR) is 105 cm³/mol. The Balaban J connectivity index is 1.90. The number of aromatic carboxylic acids is 1. The smallest absolute Gasteiger partial charge is 0.335 e. The molecule has 5 nitrogen and oxygen atoms in total. The molecule has 0 aliphatic heterocycles. The summed E-state index contributed by atoms with van der Waals surface area (Å²) < 4.78 is 5.74. The molecule has 0 radical (unpaired) electrons. The van der Waals surface area contributed by atoms with Gasteiger partial charge in [-0.05, 0) is 65.1 Å². The van der Waals surface area contributed by atoms with Gasteiger partial charge in [-0.3, -0.25) is 0 Å². The first-order chi connectivity index (χ1) is 13.5. The van der Waals surface area contributed by atoms with Crippen molar-refractivity contribution in [1.29, 1.82) is 5.26 Å². The Labute approximate surface area is 163 Å². The number of phenols is 1. The minimum absolute atomic E-state index is 0.141. The van der Waals surface area contributed by atoms with Gasteiger partial charge < -0.3 is 14.9 Å². The number of ether oxygens (including phenoxy) is 1. The maximum atomic E-state index is 11.5. The molecule has 5 heteroatoms. The van der Waals surface area contributed by atoms with E-state index in [-0.39, 0.29) is 17.9 Å².